The Kier molecular flexibility index (Phi) is 21.1. The van der Waals surface area contributed by atoms with E-state index in [0.29, 0.717) is 34.9 Å². The van der Waals surface area contributed by atoms with Crippen molar-refractivity contribution in [3.8, 4) is 202 Å². The number of aromatic nitrogens is 11. The number of rotatable bonds is 18. The first kappa shape index (κ1) is 73.8. The fourth-order valence-electron chi connectivity index (χ4n) is 15.1. The number of benzene rings is 13. The Morgan fingerprint density at radius 2 is 0.250 bits per heavy atom. The fourth-order valence-corrected chi connectivity index (χ4v) is 15.1. The quantitative estimate of drug-likeness (QED) is 0.0810. The molecule has 0 aliphatic rings. The highest BCUT2D eigenvalue weighted by Crippen LogP contribution is 2.39. The molecule has 0 amide bonds. The van der Waals surface area contributed by atoms with Crippen LogP contribution in [-0.4, -0.2) is 54.8 Å². The summed E-state index contributed by atoms with van der Waals surface area (Å²) in [4.78, 5) is 52.5. The average Bonchev–Trinajstić information content (AvgIpc) is 0.797. The molecule has 0 atom stereocenters. The Balaban J connectivity index is 0.000000159. The zero-order valence-electron chi connectivity index (χ0n) is 65.1. The van der Waals surface area contributed by atoms with Gasteiger partial charge in [0.25, 0.3) is 0 Å². The van der Waals surface area contributed by atoms with E-state index in [1.807, 2.05) is 91.9 Å². The minimum atomic E-state index is 0.591. The van der Waals surface area contributed by atoms with E-state index in [1.54, 1.807) is 18.6 Å². The van der Waals surface area contributed by atoms with Gasteiger partial charge in [0.2, 0.25) is 0 Å². The predicted octanol–water partition coefficient (Wildman–Crippen LogP) is 26.7. The second-order valence-electron chi connectivity index (χ2n) is 29.1. The molecule has 7 heterocycles. The summed E-state index contributed by atoms with van der Waals surface area (Å²) in [6.07, 6.45) is 18.4. The summed E-state index contributed by atoms with van der Waals surface area (Å²) in [5.41, 5.74) is 31.8. The third-order valence-corrected chi connectivity index (χ3v) is 21.3. The largest absolute Gasteiger partial charge is 0.265 e. The number of nitrogens with zero attached hydrogens (tertiary/aromatic N) is 11. The molecule has 7 aromatic heterocycles. The van der Waals surface area contributed by atoms with Crippen LogP contribution in [0.2, 0.25) is 0 Å². The normalized spacial score (nSPS) is 11.0. The van der Waals surface area contributed by atoms with E-state index in [2.05, 4.69) is 359 Å². The summed E-state index contributed by atoms with van der Waals surface area (Å²) >= 11 is 0. The Labute approximate surface area is 696 Å². The summed E-state index contributed by atoms with van der Waals surface area (Å²) in [6.45, 7) is 0. The van der Waals surface area contributed by atoms with Crippen LogP contribution in [0.25, 0.3) is 202 Å². The van der Waals surface area contributed by atoms with Crippen molar-refractivity contribution in [2.75, 3.05) is 0 Å². The highest BCUT2D eigenvalue weighted by Gasteiger charge is 2.20. The van der Waals surface area contributed by atoms with Crippen LogP contribution >= 0.6 is 0 Å². The van der Waals surface area contributed by atoms with Crippen LogP contribution in [0.4, 0.5) is 0 Å². The molecule has 20 aromatic rings. The number of hydrogen-bond donors (Lipinski definition) is 0. The summed E-state index contributed by atoms with van der Waals surface area (Å²) in [7, 11) is 0. The van der Waals surface area contributed by atoms with Gasteiger partial charge in [0.1, 0.15) is 0 Å². The Bertz CT molecular complexity index is 5920. The van der Waals surface area contributed by atoms with E-state index in [0.717, 1.165) is 156 Å². The summed E-state index contributed by atoms with van der Waals surface area (Å²) < 4.78 is 0. The summed E-state index contributed by atoms with van der Waals surface area (Å²) in [5.74, 6) is 3.58. The molecule has 0 spiro atoms. The van der Waals surface area contributed by atoms with Crippen molar-refractivity contribution >= 4 is 0 Å². The first-order valence-electron chi connectivity index (χ1n) is 39.8. The maximum atomic E-state index is 5.19. The molecule has 0 fully saturated rings. The predicted molar refractivity (Wildman–Crippen MR) is 486 cm³/mol. The minimum absolute atomic E-state index is 0.591. The zero-order chi connectivity index (χ0) is 80.2. The van der Waals surface area contributed by atoms with Crippen LogP contribution in [0.3, 0.4) is 0 Å². The van der Waals surface area contributed by atoms with Crippen molar-refractivity contribution < 1.29 is 0 Å². The lowest BCUT2D eigenvalue weighted by Gasteiger charge is -2.12. The number of hydrogen-bond acceptors (Lipinski definition) is 11. The third kappa shape index (κ3) is 16.8. The first-order valence-corrected chi connectivity index (χ1v) is 39.8. The van der Waals surface area contributed by atoms with Crippen LogP contribution in [0.5, 0.6) is 0 Å². The van der Waals surface area contributed by atoms with Crippen LogP contribution in [0, 0.1) is 0 Å². The minimum Gasteiger partial charge on any atom is -0.265 e. The van der Waals surface area contributed by atoms with Gasteiger partial charge >= 0.3 is 0 Å². The third-order valence-electron chi connectivity index (χ3n) is 21.3. The average molecular weight is 1540 g/mol. The molecule has 20 rings (SSSR count). The highest BCUT2D eigenvalue weighted by molar-refractivity contribution is 5.84. The highest BCUT2D eigenvalue weighted by atomic mass is 15.0. The van der Waals surface area contributed by atoms with Crippen molar-refractivity contribution in [3.05, 3.63) is 444 Å². The van der Waals surface area contributed by atoms with Crippen LogP contribution < -0.4 is 0 Å². The lowest BCUT2D eigenvalue weighted by atomic mass is 9.97. The van der Waals surface area contributed by atoms with Crippen molar-refractivity contribution in [2.24, 2.45) is 0 Å². The molecular weight excluding hydrogens is 1460 g/mol. The van der Waals surface area contributed by atoms with Gasteiger partial charge in [-0.05, 0) is 232 Å². The smallest absolute Gasteiger partial charge is 0.164 e. The van der Waals surface area contributed by atoms with Gasteiger partial charge in [-0.15, -0.1) is 0 Å². The van der Waals surface area contributed by atoms with Gasteiger partial charge in [-0.1, -0.05) is 267 Å². The monoisotopic (exact) mass is 1540 g/mol. The van der Waals surface area contributed by atoms with Gasteiger partial charge in [0, 0.05) is 112 Å². The lowest BCUT2D eigenvalue weighted by Crippen LogP contribution is -2.00. The second kappa shape index (κ2) is 34.4. The molecule has 0 radical (unpaired) electrons. The van der Waals surface area contributed by atoms with Gasteiger partial charge in [-0.2, -0.15) is 0 Å². The van der Waals surface area contributed by atoms with Crippen LogP contribution in [-0.2, 0) is 0 Å². The molecule has 0 unspecified atom stereocenters. The van der Waals surface area contributed by atoms with Gasteiger partial charge in [0.15, 0.2) is 34.9 Å². The molecule has 0 bridgehead atoms. The SMILES string of the molecule is c1ccc(-c2cccc(-c3cccc(-c4nc(-c5cccc(-c6cccc(-c7ccncc7)c6)c5)nc(-c5cccc(-c6cccc(-c7ccncc7)c6)c5)n4)c3)c2)cc1.c1cncc(-c2cccc(-c3cccc(-c4nc(-c5cccc(-c6cccc(-c7cccnc7)c6)c5)nc(-c5cccc(-c6cccc(-c7cccnc7)c6)c5)n4)c3)c2)c1. The maximum Gasteiger partial charge on any atom is 0.164 e. The first-order chi connectivity index (χ1) is 59.4. The van der Waals surface area contributed by atoms with Gasteiger partial charge in [-0.25, -0.2) is 29.9 Å². The molecule has 0 N–H and O–H groups in total. The van der Waals surface area contributed by atoms with Gasteiger partial charge < -0.3 is 0 Å². The Morgan fingerprint density at radius 3 is 0.442 bits per heavy atom. The van der Waals surface area contributed by atoms with E-state index in [9.17, 15) is 0 Å². The lowest BCUT2D eigenvalue weighted by molar-refractivity contribution is 1.07. The molecule has 120 heavy (non-hydrogen) atoms. The second-order valence-corrected chi connectivity index (χ2v) is 29.1. The Hall–Kier alpha value is -16.4. The molecule has 13 aromatic carbocycles. The molecule has 11 heteroatoms. The Morgan fingerprint density at radius 1 is 0.100 bits per heavy atom. The van der Waals surface area contributed by atoms with E-state index < -0.39 is 0 Å². The van der Waals surface area contributed by atoms with Crippen LogP contribution in [0.1, 0.15) is 0 Å². The van der Waals surface area contributed by atoms with E-state index in [1.165, 1.54) is 11.1 Å². The van der Waals surface area contributed by atoms with E-state index in [-0.39, 0.29) is 0 Å². The van der Waals surface area contributed by atoms with Crippen molar-refractivity contribution in [3.63, 3.8) is 0 Å². The van der Waals surface area contributed by atoms with Crippen LogP contribution in [0.15, 0.2) is 444 Å². The standard InChI is InChI=1S/C55H37N5.C54H36N6/c1-2-10-38(11-3-1)41-12-4-15-44(32-41)47-18-7-21-50(35-47)53-58-54(51-22-8-19-48(36-51)45-16-5-13-42(33-45)39-24-28-56-29-25-39)60-55(59-53)52-23-9-20-49(37-52)46-17-6-14-43(34-46)40-26-30-57-31-27-40;1-10-37(28-43(16-1)49-22-7-25-55-34-49)40-13-4-19-46(31-40)52-58-53(47-20-5-14-41(32-47)38-11-2-17-44(29-38)50-23-8-26-56-35-50)60-54(59-52)48-21-6-15-42(33-48)39-12-3-18-45(30-39)51-24-9-27-57-36-51/h1-37H;1-36H. The van der Waals surface area contributed by atoms with Gasteiger partial charge in [-0.3, -0.25) is 24.9 Å². The molecule has 564 valence electrons. The van der Waals surface area contributed by atoms with Crippen molar-refractivity contribution in [1.82, 2.24) is 54.8 Å². The van der Waals surface area contributed by atoms with E-state index in [4.69, 9.17) is 29.9 Å². The molecule has 0 saturated carbocycles. The van der Waals surface area contributed by atoms with Crippen molar-refractivity contribution in [2.45, 2.75) is 0 Å². The molecular formula is C109H73N11. The fraction of sp³-hybridized carbons (Fsp3) is 0. The summed E-state index contributed by atoms with van der Waals surface area (Å²) in [6, 6.07) is 133. The zero-order valence-corrected chi connectivity index (χ0v) is 65.1. The summed E-state index contributed by atoms with van der Waals surface area (Å²) in [5, 5.41) is 0. The molecule has 0 aliphatic heterocycles. The van der Waals surface area contributed by atoms with Crippen molar-refractivity contribution in [1.29, 1.82) is 0 Å². The maximum absolute atomic E-state index is 5.19. The van der Waals surface area contributed by atoms with Gasteiger partial charge in [0.05, 0.1) is 0 Å². The van der Waals surface area contributed by atoms with E-state index >= 15 is 0 Å². The molecule has 0 saturated heterocycles. The number of pyridine rings is 5. The molecule has 11 nitrogen and oxygen atoms in total. The topological polar surface area (TPSA) is 142 Å². The molecule has 0 aliphatic carbocycles.